The molecule has 0 spiro atoms. The Morgan fingerprint density at radius 1 is 1.35 bits per heavy atom. The first kappa shape index (κ1) is 11.8. The first-order valence-electron chi connectivity index (χ1n) is 6.13. The molecule has 2 rings (SSSR count). The fourth-order valence-electron chi connectivity index (χ4n) is 2.11. The van der Waals surface area contributed by atoms with Crippen molar-refractivity contribution in [3.63, 3.8) is 0 Å². The first-order chi connectivity index (χ1) is 8.20. The van der Waals surface area contributed by atoms with Gasteiger partial charge in [-0.2, -0.15) is 0 Å². The van der Waals surface area contributed by atoms with Gasteiger partial charge in [-0.25, -0.2) is 0 Å². The average Bonchev–Trinajstić information content (AvgIpc) is 2.38. The summed E-state index contributed by atoms with van der Waals surface area (Å²) in [7, 11) is 0. The van der Waals surface area contributed by atoms with Crippen molar-refractivity contribution in [2.75, 3.05) is 0 Å². The quantitative estimate of drug-likeness (QED) is 0.810. The van der Waals surface area contributed by atoms with E-state index in [-0.39, 0.29) is 17.7 Å². The van der Waals surface area contributed by atoms with E-state index >= 15 is 0 Å². The van der Waals surface area contributed by atoms with E-state index in [0.29, 0.717) is 12.0 Å². The van der Waals surface area contributed by atoms with E-state index in [1.54, 1.807) is 0 Å². The van der Waals surface area contributed by atoms with Gasteiger partial charge in [0.1, 0.15) is 0 Å². The third-order valence-corrected chi connectivity index (χ3v) is 3.20. The van der Waals surface area contributed by atoms with Crippen molar-refractivity contribution < 1.29 is 9.59 Å². The summed E-state index contributed by atoms with van der Waals surface area (Å²) in [5.74, 6) is 0.0143. The molecule has 0 bridgehead atoms. The Morgan fingerprint density at radius 2 is 2.06 bits per heavy atom. The number of aryl methyl sites for hydroxylation is 1. The fourth-order valence-corrected chi connectivity index (χ4v) is 2.11. The van der Waals surface area contributed by atoms with E-state index in [1.165, 1.54) is 5.56 Å². The highest BCUT2D eigenvalue weighted by molar-refractivity contribution is 6.02. The van der Waals surface area contributed by atoms with Gasteiger partial charge in [0.05, 0.1) is 6.04 Å². The molecule has 1 aliphatic rings. The van der Waals surface area contributed by atoms with Gasteiger partial charge in [-0.1, -0.05) is 31.2 Å². The number of rotatable bonds is 3. The van der Waals surface area contributed by atoms with Crippen LogP contribution in [-0.2, 0) is 11.2 Å². The Bertz CT molecular complexity index is 422. The van der Waals surface area contributed by atoms with Crippen LogP contribution >= 0.6 is 0 Å². The highest BCUT2D eigenvalue weighted by Crippen LogP contribution is 2.14. The molecule has 1 aliphatic heterocycles. The lowest BCUT2D eigenvalue weighted by Crippen LogP contribution is -2.43. The van der Waals surface area contributed by atoms with Crippen molar-refractivity contribution in [3.8, 4) is 0 Å². The summed E-state index contributed by atoms with van der Waals surface area (Å²) in [6.45, 7) is 2.08. The van der Waals surface area contributed by atoms with Gasteiger partial charge in [0, 0.05) is 12.0 Å². The monoisotopic (exact) mass is 231 g/mol. The molecule has 1 aromatic rings. The number of piperidine rings is 1. The van der Waals surface area contributed by atoms with Gasteiger partial charge < -0.3 is 5.32 Å². The van der Waals surface area contributed by atoms with Gasteiger partial charge in [-0.3, -0.25) is 9.59 Å². The molecule has 3 nitrogen and oxygen atoms in total. The number of benzene rings is 1. The second kappa shape index (κ2) is 5.13. The van der Waals surface area contributed by atoms with Crippen LogP contribution in [0.2, 0.25) is 0 Å². The summed E-state index contributed by atoms with van der Waals surface area (Å²) >= 11 is 0. The minimum atomic E-state index is -0.330. The zero-order valence-corrected chi connectivity index (χ0v) is 10.0. The third kappa shape index (κ3) is 2.73. The highest BCUT2D eigenvalue weighted by Gasteiger charge is 2.25. The average molecular weight is 231 g/mol. The third-order valence-electron chi connectivity index (χ3n) is 3.20. The molecule has 0 radical (unpaired) electrons. The van der Waals surface area contributed by atoms with Gasteiger partial charge in [0.15, 0.2) is 5.78 Å². The van der Waals surface area contributed by atoms with Crippen LogP contribution in [0.25, 0.3) is 0 Å². The molecule has 1 saturated heterocycles. The number of hydrogen-bond donors (Lipinski definition) is 1. The number of hydrogen-bond acceptors (Lipinski definition) is 2. The van der Waals surface area contributed by atoms with E-state index in [4.69, 9.17) is 0 Å². The normalized spacial score (nSPS) is 19.8. The molecule has 1 unspecified atom stereocenters. The van der Waals surface area contributed by atoms with Crippen LogP contribution in [-0.4, -0.2) is 17.7 Å². The first-order valence-corrected chi connectivity index (χ1v) is 6.13. The summed E-state index contributed by atoms with van der Waals surface area (Å²) in [5.41, 5.74) is 1.91. The highest BCUT2D eigenvalue weighted by atomic mass is 16.2. The summed E-state index contributed by atoms with van der Waals surface area (Å²) in [6.07, 6.45) is 3.06. The molecule has 1 N–H and O–H groups in total. The molecule has 0 saturated carbocycles. The Morgan fingerprint density at radius 3 is 2.65 bits per heavy atom. The second-order valence-corrected chi connectivity index (χ2v) is 4.43. The van der Waals surface area contributed by atoms with Crippen LogP contribution in [0, 0.1) is 0 Å². The largest absolute Gasteiger partial charge is 0.346 e. The van der Waals surface area contributed by atoms with E-state index in [9.17, 15) is 9.59 Å². The van der Waals surface area contributed by atoms with Crippen molar-refractivity contribution in [2.45, 2.75) is 38.6 Å². The molecule has 1 atom stereocenters. The lowest BCUT2D eigenvalue weighted by Gasteiger charge is -2.22. The Balaban J connectivity index is 2.10. The molecule has 1 aromatic carbocycles. The SMILES string of the molecule is CCc1ccc(C(=O)C2CCCC(=O)N2)cc1. The van der Waals surface area contributed by atoms with Crippen LogP contribution < -0.4 is 5.32 Å². The fraction of sp³-hybridized carbons (Fsp3) is 0.429. The van der Waals surface area contributed by atoms with Crippen molar-refractivity contribution >= 4 is 11.7 Å². The molecule has 1 fully saturated rings. The van der Waals surface area contributed by atoms with Crippen molar-refractivity contribution in [1.29, 1.82) is 0 Å². The maximum atomic E-state index is 12.1. The lowest BCUT2D eigenvalue weighted by atomic mass is 9.95. The van der Waals surface area contributed by atoms with E-state index in [1.807, 2.05) is 24.3 Å². The summed E-state index contributed by atoms with van der Waals surface area (Å²) in [5, 5.41) is 2.75. The minimum Gasteiger partial charge on any atom is -0.346 e. The van der Waals surface area contributed by atoms with E-state index in [0.717, 1.165) is 19.3 Å². The maximum absolute atomic E-state index is 12.1. The van der Waals surface area contributed by atoms with Crippen molar-refractivity contribution in [1.82, 2.24) is 5.32 Å². The molecule has 17 heavy (non-hydrogen) atoms. The minimum absolute atomic E-state index is 0.0141. The van der Waals surface area contributed by atoms with Crippen LogP contribution in [0.15, 0.2) is 24.3 Å². The van der Waals surface area contributed by atoms with Crippen LogP contribution in [0.3, 0.4) is 0 Å². The maximum Gasteiger partial charge on any atom is 0.220 e. The number of ketones is 1. The molecule has 0 aromatic heterocycles. The summed E-state index contributed by atoms with van der Waals surface area (Å²) in [6, 6.07) is 7.31. The Hall–Kier alpha value is -1.64. The molecule has 3 heteroatoms. The van der Waals surface area contributed by atoms with Gasteiger partial charge in [0.25, 0.3) is 0 Å². The predicted octanol–water partition coefficient (Wildman–Crippen LogP) is 2.10. The number of carbonyl (C=O) groups is 2. The van der Waals surface area contributed by atoms with Crippen LogP contribution in [0.5, 0.6) is 0 Å². The number of Topliss-reactive ketones (excluding diaryl/α,β-unsaturated/α-hetero) is 1. The smallest absolute Gasteiger partial charge is 0.220 e. The Labute approximate surface area is 101 Å². The standard InChI is InChI=1S/C14H17NO2/c1-2-10-6-8-11(9-7-10)14(17)12-4-3-5-13(16)15-12/h6-9,12H,2-5H2,1H3,(H,15,16). The van der Waals surface area contributed by atoms with Crippen LogP contribution in [0.4, 0.5) is 0 Å². The Kier molecular flexibility index (Phi) is 3.57. The molecule has 0 aliphatic carbocycles. The lowest BCUT2D eigenvalue weighted by molar-refractivity contribution is -0.122. The van der Waals surface area contributed by atoms with Gasteiger partial charge in [-0.05, 0) is 24.8 Å². The van der Waals surface area contributed by atoms with E-state index in [2.05, 4.69) is 12.2 Å². The second-order valence-electron chi connectivity index (χ2n) is 4.43. The predicted molar refractivity (Wildman–Crippen MR) is 65.9 cm³/mol. The molecule has 1 heterocycles. The molecular formula is C14H17NO2. The van der Waals surface area contributed by atoms with E-state index < -0.39 is 0 Å². The topological polar surface area (TPSA) is 46.2 Å². The number of carbonyl (C=O) groups excluding carboxylic acids is 2. The van der Waals surface area contributed by atoms with Crippen molar-refractivity contribution in [2.24, 2.45) is 0 Å². The summed E-state index contributed by atoms with van der Waals surface area (Å²) < 4.78 is 0. The summed E-state index contributed by atoms with van der Waals surface area (Å²) in [4.78, 5) is 23.4. The number of nitrogens with one attached hydrogen (secondary N) is 1. The van der Waals surface area contributed by atoms with Gasteiger partial charge >= 0.3 is 0 Å². The number of amides is 1. The zero-order valence-electron chi connectivity index (χ0n) is 10.0. The van der Waals surface area contributed by atoms with Gasteiger partial charge in [0.2, 0.25) is 5.91 Å². The zero-order chi connectivity index (χ0) is 12.3. The molecular weight excluding hydrogens is 214 g/mol. The molecule has 90 valence electrons. The van der Waals surface area contributed by atoms with Crippen molar-refractivity contribution in [3.05, 3.63) is 35.4 Å². The van der Waals surface area contributed by atoms with Gasteiger partial charge in [-0.15, -0.1) is 0 Å². The van der Waals surface area contributed by atoms with Crippen LogP contribution in [0.1, 0.15) is 42.1 Å². The molecule has 1 amide bonds.